The van der Waals surface area contributed by atoms with Gasteiger partial charge in [0.1, 0.15) is 18.2 Å². The Morgan fingerprint density at radius 3 is 2.68 bits per heavy atom. The molecule has 1 aromatic heterocycles. The summed E-state index contributed by atoms with van der Waals surface area (Å²) < 4.78 is 5.35. The summed E-state index contributed by atoms with van der Waals surface area (Å²) >= 11 is 0. The van der Waals surface area contributed by atoms with Gasteiger partial charge in [-0.2, -0.15) is 0 Å². The molecule has 1 aromatic rings. The minimum Gasteiger partial charge on any atom is -0.395 e. The average molecular weight is 268 g/mol. The van der Waals surface area contributed by atoms with E-state index in [-0.39, 0.29) is 6.61 Å². The van der Waals surface area contributed by atoms with E-state index in [9.17, 15) is 0 Å². The second-order valence-corrected chi connectivity index (χ2v) is 4.13. The van der Waals surface area contributed by atoms with Crippen LogP contribution < -0.4 is 10.2 Å². The first-order valence-corrected chi connectivity index (χ1v) is 6.74. The third-order valence-electron chi connectivity index (χ3n) is 2.64. The Balaban J connectivity index is 2.95. The number of ether oxygens (including phenoxy) is 1. The molecule has 108 valence electrons. The number of hydrogen-bond acceptors (Lipinski definition) is 6. The van der Waals surface area contributed by atoms with Crippen molar-refractivity contribution in [2.24, 2.45) is 0 Å². The quantitative estimate of drug-likeness (QED) is 0.702. The molecule has 6 heteroatoms. The van der Waals surface area contributed by atoms with Crippen LogP contribution in [0.3, 0.4) is 0 Å². The van der Waals surface area contributed by atoms with E-state index in [0.29, 0.717) is 25.6 Å². The molecule has 2 N–H and O–H groups in total. The van der Waals surface area contributed by atoms with Crippen LogP contribution in [0.25, 0.3) is 0 Å². The van der Waals surface area contributed by atoms with Gasteiger partial charge in [0.15, 0.2) is 5.82 Å². The molecule has 0 saturated carbocycles. The summed E-state index contributed by atoms with van der Waals surface area (Å²) in [4.78, 5) is 10.9. The standard InChI is InChI=1S/C13H24N4O2/c1-4-6-17(7-8-18)13-9-11(14-3)15-12(16-13)10-19-5-2/h9,18H,4-8,10H2,1-3H3,(H,14,15,16). The Kier molecular flexibility index (Phi) is 7.14. The van der Waals surface area contributed by atoms with Crippen LogP contribution >= 0.6 is 0 Å². The zero-order chi connectivity index (χ0) is 14.1. The van der Waals surface area contributed by atoms with Crippen molar-refractivity contribution in [1.82, 2.24) is 9.97 Å². The second kappa shape index (κ2) is 8.66. The van der Waals surface area contributed by atoms with Crippen molar-refractivity contribution >= 4 is 11.6 Å². The smallest absolute Gasteiger partial charge is 0.158 e. The molecular weight excluding hydrogens is 244 g/mol. The first-order valence-electron chi connectivity index (χ1n) is 6.74. The van der Waals surface area contributed by atoms with E-state index in [0.717, 1.165) is 24.6 Å². The monoisotopic (exact) mass is 268 g/mol. The van der Waals surface area contributed by atoms with Gasteiger partial charge in [-0.15, -0.1) is 0 Å². The number of aromatic nitrogens is 2. The van der Waals surface area contributed by atoms with Crippen LogP contribution in [0.15, 0.2) is 6.07 Å². The van der Waals surface area contributed by atoms with E-state index < -0.39 is 0 Å². The fraction of sp³-hybridized carbons (Fsp3) is 0.692. The first-order chi connectivity index (χ1) is 9.24. The maximum atomic E-state index is 9.14. The van der Waals surface area contributed by atoms with Crippen molar-refractivity contribution in [3.05, 3.63) is 11.9 Å². The van der Waals surface area contributed by atoms with E-state index in [1.165, 1.54) is 0 Å². The summed E-state index contributed by atoms with van der Waals surface area (Å²) in [7, 11) is 1.83. The molecule has 0 bridgehead atoms. The van der Waals surface area contributed by atoms with Gasteiger partial charge in [-0.05, 0) is 13.3 Å². The number of aliphatic hydroxyl groups is 1. The topological polar surface area (TPSA) is 70.5 Å². The largest absolute Gasteiger partial charge is 0.395 e. The SMILES string of the molecule is CCCN(CCO)c1cc(NC)nc(COCC)n1. The van der Waals surface area contributed by atoms with Crippen molar-refractivity contribution in [2.45, 2.75) is 26.9 Å². The van der Waals surface area contributed by atoms with Gasteiger partial charge in [-0.1, -0.05) is 6.92 Å². The summed E-state index contributed by atoms with van der Waals surface area (Å²) in [6, 6.07) is 1.89. The van der Waals surface area contributed by atoms with Crippen LogP contribution in [0, 0.1) is 0 Å². The molecule has 0 unspecified atom stereocenters. The van der Waals surface area contributed by atoms with Crippen LogP contribution in [0.5, 0.6) is 0 Å². The molecule has 0 aliphatic rings. The first kappa shape index (κ1) is 15.7. The Morgan fingerprint density at radius 2 is 2.11 bits per heavy atom. The van der Waals surface area contributed by atoms with Gasteiger partial charge in [-0.3, -0.25) is 0 Å². The summed E-state index contributed by atoms with van der Waals surface area (Å²) in [6.07, 6.45) is 1.000. The number of nitrogens with zero attached hydrogens (tertiary/aromatic N) is 3. The number of nitrogens with one attached hydrogen (secondary N) is 1. The van der Waals surface area contributed by atoms with Crippen LogP contribution in [-0.4, -0.2) is 48.4 Å². The van der Waals surface area contributed by atoms with Gasteiger partial charge in [0, 0.05) is 32.8 Å². The number of aliphatic hydroxyl groups excluding tert-OH is 1. The molecule has 0 fully saturated rings. The molecule has 0 aromatic carbocycles. The summed E-state index contributed by atoms with van der Waals surface area (Å²) in [5.74, 6) is 2.24. The third kappa shape index (κ3) is 5.00. The van der Waals surface area contributed by atoms with Crippen LogP contribution in [0.1, 0.15) is 26.1 Å². The maximum absolute atomic E-state index is 9.14. The van der Waals surface area contributed by atoms with Gasteiger partial charge >= 0.3 is 0 Å². The Hall–Kier alpha value is -1.40. The Bertz CT molecular complexity index is 368. The zero-order valence-electron chi connectivity index (χ0n) is 12.0. The molecule has 0 aliphatic heterocycles. The van der Waals surface area contributed by atoms with Gasteiger partial charge in [0.25, 0.3) is 0 Å². The van der Waals surface area contributed by atoms with Crippen molar-refractivity contribution in [3.63, 3.8) is 0 Å². The lowest BCUT2D eigenvalue weighted by atomic mass is 10.3. The molecule has 0 saturated heterocycles. The molecule has 19 heavy (non-hydrogen) atoms. The lowest BCUT2D eigenvalue weighted by Gasteiger charge is -2.23. The maximum Gasteiger partial charge on any atom is 0.158 e. The number of anilines is 2. The predicted molar refractivity (Wildman–Crippen MR) is 76.5 cm³/mol. The van der Waals surface area contributed by atoms with Crippen molar-refractivity contribution in [1.29, 1.82) is 0 Å². The number of hydrogen-bond donors (Lipinski definition) is 2. The van der Waals surface area contributed by atoms with E-state index in [4.69, 9.17) is 9.84 Å². The molecule has 1 heterocycles. The molecule has 0 atom stereocenters. The minimum absolute atomic E-state index is 0.111. The summed E-state index contributed by atoms with van der Waals surface area (Å²) in [5, 5.41) is 12.2. The molecule has 1 rings (SSSR count). The highest BCUT2D eigenvalue weighted by molar-refractivity contribution is 5.49. The summed E-state index contributed by atoms with van der Waals surface area (Å²) in [6.45, 7) is 6.62. The van der Waals surface area contributed by atoms with Crippen molar-refractivity contribution < 1.29 is 9.84 Å². The molecule has 0 aliphatic carbocycles. The van der Waals surface area contributed by atoms with Gasteiger partial charge in [0.2, 0.25) is 0 Å². The Labute approximate surface area is 114 Å². The molecule has 0 spiro atoms. The van der Waals surface area contributed by atoms with E-state index in [1.807, 2.05) is 20.0 Å². The molecular formula is C13H24N4O2. The zero-order valence-corrected chi connectivity index (χ0v) is 12.0. The average Bonchev–Trinajstić information content (AvgIpc) is 2.44. The highest BCUT2D eigenvalue weighted by atomic mass is 16.5. The van der Waals surface area contributed by atoms with E-state index in [2.05, 4.69) is 27.1 Å². The van der Waals surface area contributed by atoms with Crippen LogP contribution in [0.2, 0.25) is 0 Å². The van der Waals surface area contributed by atoms with E-state index in [1.54, 1.807) is 0 Å². The fourth-order valence-electron chi connectivity index (χ4n) is 1.76. The minimum atomic E-state index is 0.111. The molecule has 6 nitrogen and oxygen atoms in total. The molecule has 0 radical (unpaired) electrons. The van der Waals surface area contributed by atoms with Crippen LogP contribution in [-0.2, 0) is 11.3 Å². The van der Waals surface area contributed by atoms with Crippen molar-refractivity contribution in [2.75, 3.05) is 43.6 Å². The van der Waals surface area contributed by atoms with Crippen LogP contribution in [0.4, 0.5) is 11.6 Å². The van der Waals surface area contributed by atoms with Gasteiger partial charge in [0.05, 0.1) is 6.61 Å². The normalized spacial score (nSPS) is 10.5. The summed E-state index contributed by atoms with van der Waals surface area (Å²) in [5.41, 5.74) is 0. The second-order valence-electron chi connectivity index (χ2n) is 4.13. The lowest BCUT2D eigenvalue weighted by Crippen LogP contribution is -2.28. The highest BCUT2D eigenvalue weighted by Gasteiger charge is 2.10. The van der Waals surface area contributed by atoms with Crippen molar-refractivity contribution in [3.8, 4) is 0 Å². The lowest BCUT2D eigenvalue weighted by molar-refractivity contribution is 0.128. The third-order valence-corrected chi connectivity index (χ3v) is 2.64. The van der Waals surface area contributed by atoms with Gasteiger partial charge < -0.3 is 20.1 Å². The highest BCUT2D eigenvalue weighted by Crippen LogP contribution is 2.16. The fourth-order valence-corrected chi connectivity index (χ4v) is 1.76. The molecule has 0 amide bonds. The predicted octanol–water partition coefficient (Wildman–Crippen LogP) is 1.26. The Morgan fingerprint density at radius 1 is 1.32 bits per heavy atom. The van der Waals surface area contributed by atoms with Gasteiger partial charge in [-0.25, -0.2) is 9.97 Å². The van der Waals surface area contributed by atoms with E-state index >= 15 is 0 Å². The number of rotatable bonds is 9.